The Morgan fingerprint density at radius 1 is 1.47 bits per heavy atom. The van der Waals surface area contributed by atoms with Gasteiger partial charge in [0.1, 0.15) is 18.2 Å². The van der Waals surface area contributed by atoms with Gasteiger partial charge in [0.25, 0.3) is 5.91 Å². The highest BCUT2D eigenvalue weighted by atomic mass is 35.5. The number of benzene rings is 1. The van der Waals surface area contributed by atoms with Crippen LogP contribution in [-0.4, -0.2) is 19.1 Å². The monoisotopic (exact) mass is 234 g/mol. The summed E-state index contributed by atoms with van der Waals surface area (Å²) >= 11 is 0. The fourth-order valence-electron chi connectivity index (χ4n) is 0.990. The first-order valence-corrected chi connectivity index (χ1v) is 4.07. The highest BCUT2D eigenvalue weighted by Gasteiger charge is 2.10. The van der Waals surface area contributed by atoms with Crippen molar-refractivity contribution in [1.29, 1.82) is 0 Å². The van der Waals surface area contributed by atoms with Gasteiger partial charge in [0.2, 0.25) is 0 Å². The zero-order valence-corrected chi connectivity index (χ0v) is 8.72. The fraction of sp³-hybridized carbons (Fsp3) is 0.222. The molecular formula is C9H12ClFN2O2. The van der Waals surface area contributed by atoms with Gasteiger partial charge in [-0.2, -0.15) is 0 Å². The minimum absolute atomic E-state index is 0. The number of hydrogen-bond donors (Lipinski definition) is 2. The molecule has 1 rings (SSSR count). The number of hydrogen-bond acceptors (Lipinski definition) is 3. The van der Waals surface area contributed by atoms with Crippen molar-refractivity contribution in [1.82, 2.24) is 0 Å². The van der Waals surface area contributed by atoms with Gasteiger partial charge < -0.3 is 16.2 Å². The lowest BCUT2D eigenvalue weighted by molar-refractivity contribution is 0.0996. The lowest BCUT2D eigenvalue weighted by Gasteiger charge is -2.07. The van der Waals surface area contributed by atoms with Crippen molar-refractivity contribution in [2.24, 2.45) is 11.5 Å². The van der Waals surface area contributed by atoms with E-state index in [4.69, 9.17) is 16.2 Å². The van der Waals surface area contributed by atoms with Gasteiger partial charge in [-0.25, -0.2) is 4.39 Å². The molecule has 0 saturated heterocycles. The Labute approximate surface area is 92.8 Å². The molecule has 0 unspecified atom stereocenters. The predicted octanol–water partition coefficient (Wildman–Crippen LogP) is 0.684. The van der Waals surface area contributed by atoms with Crippen molar-refractivity contribution >= 4 is 18.3 Å². The van der Waals surface area contributed by atoms with Crippen LogP contribution in [0.3, 0.4) is 0 Å². The average molecular weight is 235 g/mol. The number of amides is 1. The van der Waals surface area contributed by atoms with Gasteiger partial charge in [-0.05, 0) is 18.2 Å². The standard InChI is InChI=1S/C9H11FN2O2.ClH/c10-6-1-2-8(14-4-3-11)7(5-6)9(12)13;/h1-2,5H,3-4,11H2,(H2,12,13);1H. The first-order valence-electron chi connectivity index (χ1n) is 4.07. The maximum Gasteiger partial charge on any atom is 0.252 e. The molecule has 15 heavy (non-hydrogen) atoms. The third-order valence-corrected chi connectivity index (χ3v) is 1.58. The van der Waals surface area contributed by atoms with Crippen molar-refractivity contribution in [3.63, 3.8) is 0 Å². The number of rotatable bonds is 4. The van der Waals surface area contributed by atoms with Crippen LogP contribution in [0.5, 0.6) is 5.75 Å². The Morgan fingerprint density at radius 3 is 2.67 bits per heavy atom. The number of carbonyl (C=O) groups is 1. The number of halogens is 2. The van der Waals surface area contributed by atoms with Gasteiger partial charge in [-0.3, -0.25) is 4.79 Å². The van der Waals surface area contributed by atoms with Gasteiger partial charge in [0, 0.05) is 6.54 Å². The van der Waals surface area contributed by atoms with Crippen LogP contribution >= 0.6 is 12.4 Å². The maximum atomic E-state index is 12.7. The number of primary amides is 1. The molecule has 0 fully saturated rings. The third-order valence-electron chi connectivity index (χ3n) is 1.58. The second kappa shape index (κ2) is 6.21. The number of nitrogens with two attached hydrogens (primary N) is 2. The molecule has 4 nitrogen and oxygen atoms in total. The van der Waals surface area contributed by atoms with E-state index in [0.717, 1.165) is 6.07 Å². The molecule has 6 heteroatoms. The molecule has 1 aromatic rings. The lowest BCUT2D eigenvalue weighted by atomic mass is 10.2. The van der Waals surface area contributed by atoms with Gasteiger partial charge in [-0.15, -0.1) is 12.4 Å². The highest BCUT2D eigenvalue weighted by molar-refractivity contribution is 5.95. The molecule has 0 atom stereocenters. The Balaban J connectivity index is 0.00000196. The summed E-state index contributed by atoms with van der Waals surface area (Å²) in [6.07, 6.45) is 0. The average Bonchev–Trinajstić information content (AvgIpc) is 2.15. The smallest absolute Gasteiger partial charge is 0.252 e. The number of ether oxygens (including phenoxy) is 1. The van der Waals surface area contributed by atoms with Crippen molar-refractivity contribution in [3.05, 3.63) is 29.6 Å². The van der Waals surface area contributed by atoms with E-state index >= 15 is 0 Å². The minimum Gasteiger partial charge on any atom is -0.491 e. The van der Waals surface area contributed by atoms with Crippen LogP contribution in [0, 0.1) is 5.82 Å². The molecule has 0 spiro atoms. The van der Waals surface area contributed by atoms with E-state index in [1.54, 1.807) is 0 Å². The summed E-state index contributed by atoms with van der Waals surface area (Å²) in [4.78, 5) is 10.9. The first-order chi connectivity index (χ1) is 6.65. The summed E-state index contributed by atoms with van der Waals surface area (Å²) in [6.45, 7) is 0.571. The molecule has 4 N–H and O–H groups in total. The molecule has 84 valence electrons. The van der Waals surface area contributed by atoms with E-state index in [0.29, 0.717) is 6.54 Å². The zero-order chi connectivity index (χ0) is 10.6. The summed E-state index contributed by atoms with van der Waals surface area (Å²) in [6, 6.07) is 3.58. The summed E-state index contributed by atoms with van der Waals surface area (Å²) < 4.78 is 17.9. The van der Waals surface area contributed by atoms with Crippen LogP contribution in [0.2, 0.25) is 0 Å². The Bertz CT molecular complexity index is 347. The van der Waals surface area contributed by atoms with E-state index in [2.05, 4.69) is 0 Å². The molecular weight excluding hydrogens is 223 g/mol. The highest BCUT2D eigenvalue weighted by Crippen LogP contribution is 2.18. The largest absolute Gasteiger partial charge is 0.491 e. The summed E-state index contributed by atoms with van der Waals surface area (Å²) in [5.74, 6) is -1.00. The van der Waals surface area contributed by atoms with E-state index < -0.39 is 11.7 Å². The van der Waals surface area contributed by atoms with Crippen LogP contribution < -0.4 is 16.2 Å². The van der Waals surface area contributed by atoms with Gasteiger partial charge in [0.15, 0.2) is 0 Å². The maximum absolute atomic E-state index is 12.7. The Hall–Kier alpha value is -1.33. The second-order valence-electron chi connectivity index (χ2n) is 2.64. The molecule has 1 aromatic carbocycles. The van der Waals surface area contributed by atoms with Crippen LogP contribution in [0.4, 0.5) is 4.39 Å². The lowest BCUT2D eigenvalue weighted by Crippen LogP contribution is -2.16. The van der Waals surface area contributed by atoms with Crippen molar-refractivity contribution in [2.45, 2.75) is 0 Å². The molecule has 1 amide bonds. The zero-order valence-electron chi connectivity index (χ0n) is 7.90. The van der Waals surface area contributed by atoms with Crippen LogP contribution in [-0.2, 0) is 0 Å². The van der Waals surface area contributed by atoms with E-state index in [9.17, 15) is 9.18 Å². The molecule has 0 bridgehead atoms. The van der Waals surface area contributed by atoms with Gasteiger partial charge in [0.05, 0.1) is 5.56 Å². The normalized spacial score (nSPS) is 9.20. The topological polar surface area (TPSA) is 78.3 Å². The Kier molecular flexibility index (Phi) is 5.66. The molecule has 0 saturated carbocycles. The van der Waals surface area contributed by atoms with Crippen molar-refractivity contribution in [2.75, 3.05) is 13.2 Å². The fourth-order valence-corrected chi connectivity index (χ4v) is 0.990. The van der Waals surface area contributed by atoms with Crippen LogP contribution in [0.1, 0.15) is 10.4 Å². The van der Waals surface area contributed by atoms with Crippen LogP contribution in [0.15, 0.2) is 18.2 Å². The quantitative estimate of drug-likeness (QED) is 0.804. The van der Waals surface area contributed by atoms with Crippen molar-refractivity contribution in [3.8, 4) is 5.75 Å². The summed E-state index contributed by atoms with van der Waals surface area (Å²) in [7, 11) is 0. The first kappa shape index (κ1) is 13.7. The molecule has 0 aliphatic rings. The van der Waals surface area contributed by atoms with E-state index in [1.165, 1.54) is 12.1 Å². The van der Waals surface area contributed by atoms with E-state index in [-0.39, 0.29) is 30.3 Å². The predicted molar refractivity (Wildman–Crippen MR) is 56.7 cm³/mol. The summed E-state index contributed by atoms with van der Waals surface area (Å²) in [5, 5.41) is 0. The molecule has 0 aliphatic heterocycles. The third kappa shape index (κ3) is 3.73. The van der Waals surface area contributed by atoms with Gasteiger partial charge in [-0.1, -0.05) is 0 Å². The Morgan fingerprint density at radius 2 is 2.13 bits per heavy atom. The van der Waals surface area contributed by atoms with Crippen LogP contribution in [0.25, 0.3) is 0 Å². The van der Waals surface area contributed by atoms with E-state index in [1.807, 2.05) is 0 Å². The summed E-state index contributed by atoms with van der Waals surface area (Å²) in [5.41, 5.74) is 10.3. The molecule has 0 radical (unpaired) electrons. The molecule has 0 heterocycles. The second-order valence-corrected chi connectivity index (χ2v) is 2.64. The SMILES string of the molecule is Cl.NCCOc1ccc(F)cc1C(N)=O. The molecule has 0 aliphatic carbocycles. The van der Waals surface area contributed by atoms with Crippen molar-refractivity contribution < 1.29 is 13.9 Å². The van der Waals surface area contributed by atoms with Gasteiger partial charge >= 0.3 is 0 Å². The molecule has 0 aromatic heterocycles. The minimum atomic E-state index is -0.725. The number of carbonyl (C=O) groups excluding carboxylic acids is 1.